The predicted molar refractivity (Wildman–Crippen MR) is 108 cm³/mol. The molecule has 1 atom stereocenters. The largest absolute Gasteiger partial charge is 0.331 e. The molecule has 27 heavy (non-hydrogen) atoms. The molecule has 7 heteroatoms. The molecular weight excluding hydrogens is 403 g/mol. The molecule has 1 fully saturated rings. The monoisotopic (exact) mass is 422 g/mol. The number of benzene rings is 1. The Labute approximate surface area is 172 Å². The minimum Gasteiger partial charge on any atom is -0.331 e. The Kier molecular flexibility index (Phi) is 5.19. The van der Waals surface area contributed by atoms with Gasteiger partial charge < -0.3 is 9.80 Å². The minimum atomic E-state index is -0.245. The van der Waals surface area contributed by atoms with E-state index in [0.29, 0.717) is 16.6 Å². The van der Waals surface area contributed by atoms with E-state index < -0.39 is 0 Å². The molecule has 0 radical (unpaired) electrons. The lowest BCUT2D eigenvalue weighted by Gasteiger charge is -2.38. The summed E-state index contributed by atoms with van der Waals surface area (Å²) in [4.78, 5) is 30.0. The maximum absolute atomic E-state index is 13.2. The second-order valence-electron chi connectivity index (χ2n) is 7.08. The average molecular weight is 423 g/mol. The maximum atomic E-state index is 13.2. The Balaban J connectivity index is 1.68. The van der Waals surface area contributed by atoms with Crippen molar-refractivity contribution in [1.29, 1.82) is 0 Å². The van der Waals surface area contributed by atoms with E-state index in [0.717, 1.165) is 30.4 Å². The first kappa shape index (κ1) is 18.8. The van der Waals surface area contributed by atoms with Crippen LogP contribution in [0, 0.1) is 0 Å². The van der Waals surface area contributed by atoms with Gasteiger partial charge in [-0.25, -0.2) is 0 Å². The van der Waals surface area contributed by atoms with Crippen LogP contribution >= 0.6 is 34.5 Å². The molecular formula is C20H20Cl2N2O2S. The van der Waals surface area contributed by atoms with Gasteiger partial charge in [0.15, 0.2) is 0 Å². The first-order valence-electron chi connectivity index (χ1n) is 9.03. The first-order chi connectivity index (χ1) is 13.0. The van der Waals surface area contributed by atoms with Crippen molar-refractivity contribution >= 4 is 46.4 Å². The zero-order chi connectivity index (χ0) is 19.1. The highest BCUT2D eigenvalue weighted by atomic mass is 35.5. The molecule has 1 unspecified atom stereocenters. The number of rotatable bonds is 4. The number of hydrogen-bond acceptors (Lipinski definition) is 3. The van der Waals surface area contributed by atoms with Gasteiger partial charge in [-0.3, -0.25) is 9.59 Å². The Morgan fingerprint density at radius 2 is 2.00 bits per heavy atom. The smallest absolute Gasteiger partial charge is 0.243 e. The zero-order valence-corrected chi connectivity index (χ0v) is 17.3. The van der Waals surface area contributed by atoms with Crippen molar-refractivity contribution in [2.24, 2.45) is 0 Å². The van der Waals surface area contributed by atoms with E-state index in [9.17, 15) is 9.59 Å². The zero-order valence-electron chi connectivity index (χ0n) is 15.0. The number of hydrogen-bond donors (Lipinski definition) is 0. The normalized spacial score (nSPS) is 18.9. The van der Waals surface area contributed by atoms with Gasteiger partial charge in [0.25, 0.3) is 0 Å². The van der Waals surface area contributed by atoms with Crippen LogP contribution < -0.4 is 0 Å². The molecule has 142 valence electrons. The van der Waals surface area contributed by atoms with E-state index in [1.807, 2.05) is 11.0 Å². The molecule has 1 aromatic heterocycles. The molecule has 0 bridgehead atoms. The van der Waals surface area contributed by atoms with Crippen LogP contribution in [0.3, 0.4) is 0 Å². The van der Waals surface area contributed by atoms with Crippen molar-refractivity contribution in [3.63, 3.8) is 0 Å². The van der Waals surface area contributed by atoms with Gasteiger partial charge in [-0.15, -0.1) is 11.3 Å². The molecule has 0 spiro atoms. The van der Waals surface area contributed by atoms with Gasteiger partial charge in [-0.2, -0.15) is 0 Å². The fraction of sp³-hybridized carbons (Fsp3) is 0.400. The third-order valence-corrected chi connectivity index (χ3v) is 6.80. The highest BCUT2D eigenvalue weighted by Crippen LogP contribution is 2.41. The summed E-state index contributed by atoms with van der Waals surface area (Å²) in [6.07, 6.45) is 2.78. The summed E-state index contributed by atoms with van der Waals surface area (Å²) in [7, 11) is 0. The summed E-state index contributed by atoms with van der Waals surface area (Å²) in [5, 5.41) is 3.18. The number of carbonyl (C=O) groups excluding carboxylic acids is 2. The van der Waals surface area contributed by atoms with Gasteiger partial charge in [0.2, 0.25) is 11.8 Å². The lowest BCUT2D eigenvalue weighted by Crippen LogP contribution is -2.47. The van der Waals surface area contributed by atoms with Crippen molar-refractivity contribution in [3.8, 4) is 0 Å². The Bertz CT molecular complexity index is 894. The topological polar surface area (TPSA) is 40.6 Å². The van der Waals surface area contributed by atoms with E-state index in [-0.39, 0.29) is 30.4 Å². The molecule has 2 amide bonds. The predicted octanol–water partition coefficient (Wildman–Crippen LogP) is 4.54. The van der Waals surface area contributed by atoms with E-state index in [4.69, 9.17) is 23.2 Å². The molecule has 1 aliphatic heterocycles. The van der Waals surface area contributed by atoms with Crippen molar-refractivity contribution in [2.75, 3.05) is 13.1 Å². The van der Waals surface area contributed by atoms with Crippen molar-refractivity contribution in [3.05, 3.63) is 55.7 Å². The van der Waals surface area contributed by atoms with Crippen molar-refractivity contribution < 1.29 is 9.59 Å². The highest BCUT2D eigenvalue weighted by molar-refractivity contribution is 7.10. The standard InChI is InChI=1S/C20H20Cl2N2O2S/c1-12(25)24(14-3-4-14)11-19(26)23-8-6-18-16(7-9-27-18)20(23)15-5-2-13(21)10-17(15)22/h2,5,7,9-10,14,20H,3-4,6,8,11H2,1H3. The lowest BCUT2D eigenvalue weighted by atomic mass is 9.93. The van der Waals surface area contributed by atoms with Gasteiger partial charge in [0.05, 0.1) is 6.04 Å². The number of carbonyl (C=O) groups is 2. The molecule has 2 heterocycles. The van der Waals surface area contributed by atoms with E-state index >= 15 is 0 Å². The quantitative estimate of drug-likeness (QED) is 0.725. The van der Waals surface area contributed by atoms with Gasteiger partial charge in [0, 0.05) is 34.4 Å². The average Bonchev–Trinajstić information content (AvgIpc) is 3.34. The number of halogens is 2. The molecule has 1 aromatic carbocycles. The first-order valence-corrected chi connectivity index (χ1v) is 10.7. The van der Waals surface area contributed by atoms with Gasteiger partial charge in [0.1, 0.15) is 6.54 Å². The van der Waals surface area contributed by atoms with Crippen LogP contribution in [0.15, 0.2) is 29.6 Å². The van der Waals surface area contributed by atoms with Crippen molar-refractivity contribution in [1.82, 2.24) is 9.80 Å². The summed E-state index contributed by atoms with van der Waals surface area (Å²) in [6.45, 7) is 2.28. The molecule has 0 saturated heterocycles. The molecule has 1 aliphatic carbocycles. The number of nitrogens with zero attached hydrogens (tertiary/aromatic N) is 2. The fourth-order valence-corrected chi connectivity index (χ4v) is 5.18. The molecule has 0 N–H and O–H groups in total. The van der Waals surface area contributed by atoms with Crippen LogP contribution in [0.5, 0.6) is 0 Å². The highest BCUT2D eigenvalue weighted by Gasteiger charge is 2.37. The summed E-state index contributed by atoms with van der Waals surface area (Å²) in [6, 6.07) is 7.45. The summed E-state index contributed by atoms with van der Waals surface area (Å²) in [5.41, 5.74) is 1.99. The van der Waals surface area contributed by atoms with Gasteiger partial charge >= 0.3 is 0 Å². The molecule has 1 saturated carbocycles. The summed E-state index contributed by atoms with van der Waals surface area (Å²) < 4.78 is 0. The SMILES string of the molecule is CC(=O)N(CC(=O)N1CCc2sccc2C1c1ccc(Cl)cc1Cl)C1CC1. The van der Waals surface area contributed by atoms with Crippen molar-refractivity contribution in [2.45, 2.75) is 38.3 Å². The van der Waals surface area contributed by atoms with Gasteiger partial charge in [-0.05, 0) is 54.0 Å². The van der Waals surface area contributed by atoms with Crippen LogP contribution in [0.4, 0.5) is 0 Å². The summed E-state index contributed by atoms with van der Waals surface area (Å²) in [5.74, 6) is -0.0786. The fourth-order valence-electron chi connectivity index (χ4n) is 3.76. The van der Waals surface area contributed by atoms with Gasteiger partial charge in [-0.1, -0.05) is 29.3 Å². The van der Waals surface area contributed by atoms with Crippen LogP contribution in [0.25, 0.3) is 0 Å². The second kappa shape index (κ2) is 7.46. The molecule has 2 aromatic rings. The lowest BCUT2D eigenvalue weighted by molar-refractivity contribution is -0.141. The van der Waals surface area contributed by atoms with E-state index in [2.05, 4.69) is 11.4 Å². The minimum absolute atomic E-state index is 0.0371. The second-order valence-corrected chi connectivity index (χ2v) is 8.93. The van der Waals surface area contributed by atoms with E-state index in [1.165, 1.54) is 11.8 Å². The van der Waals surface area contributed by atoms with Crippen LogP contribution in [0.2, 0.25) is 10.0 Å². The number of fused-ring (bicyclic) bond motifs is 1. The molecule has 4 nitrogen and oxygen atoms in total. The van der Waals surface area contributed by atoms with Crippen LogP contribution in [0.1, 0.15) is 41.8 Å². The third-order valence-electron chi connectivity index (χ3n) is 5.24. The summed E-state index contributed by atoms with van der Waals surface area (Å²) >= 11 is 14.3. The Hall–Kier alpha value is -1.56. The maximum Gasteiger partial charge on any atom is 0.243 e. The van der Waals surface area contributed by atoms with Crippen LogP contribution in [-0.4, -0.2) is 40.7 Å². The molecule has 2 aliphatic rings. The van der Waals surface area contributed by atoms with Crippen LogP contribution in [-0.2, 0) is 16.0 Å². The number of thiophene rings is 1. The Morgan fingerprint density at radius 3 is 2.67 bits per heavy atom. The van der Waals surface area contributed by atoms with E-state index in [1.54, 1.807) is 28.4 Å². The molecule has 4 rings (SSSR count). The number of amides is 2. The third kappa shape index (κ3) is 3.73. The Morgan fingerprint density at radius 1 is 1.22 bits per heavy atom.